The van der Waals surface area contributed by atoms with Crippen LogP contribution in [0.2, 0.25) is 0 Å². The fourth-order valence-electron chi connectivity index (χ4n) is 7.90. The summed E-state index contributed by atoms with van der Waals surface area (Å²) in [6.07, 6.45) is 0. The van der Waals surface area contributed by atoms with Crippen LogP contribution in [-0.2, 0) is 5.41 Å². The van der Waals surface area contributed by atoms with Crippen molar-refractivity contribution in [2.24, 2.45) is 0 Å². The van der Waals surface area contributed by atoms with Gasteiger partial charge >= 0.3 is 0 Å². The van der Waals surface area contributed by atoms with Crippen LogP contribution in [0.4, 0.5) is 17.1 Å². The molecule has 238 valence electrons. The lowest BCUT2D eigenvalue weighted by molar-refractivity contribution is 0.661. The van der Waals surface area contributed by atoms with Crippen molar-refractivity contribution in [3.63, 3.8) is 0 Å². The molecule has 0 bridgehead atoms. The van der Waals surface area contributed by atoms with Crippen LogP contribution in [0.3, 0.4) is 0 Å². The molecule has 0 fully saturated rings. The van der Waals surface area contributed by atoms with E-state index in [0.717, 1.165) is 17.1 Å². The summed E-state index contributed by atoms with van der Waals surface area (Å²) in [5.41, 5.74) is 16.0. The molecule has 0 heterocycles. The zero-order valence-electron chi connectivity index (χ0n) is 28.3. The number of hydrogen-bond donors (Lipinski definition) is 0. The molecule has 0 unspecified atom stereocenters. The van der Waals surface area contributed by atoms with Gasteiger partial charge in [0.15, 0.2) is 0 Å². The molecule has 0 aliphatic heterocycles. The number of rotatable bonds is 6. The summed E-state index contributed by atoms with van der Waals surface area (Å²) in [6, 6.07) is 68.5. The number of benzene rings is 8. The molecule has 0 amide bonds. The Morgan fingerprint density at radius 1 is 0.340 bits per heavy atom. The molecule has 1 aliphatic rings. The minimum atomic E-state index is -0.167. The Kier molecular flexibility index (Phi) is 7.21. The summed E-state index contributed by atoms with van der Waals surface area (Å²) in [4.78, 5) is 2.43. The van der Waals surface area contributed by atoms with Gasteiger partial charge in [0.25, 0.3) is 0 Å². The van der Waals surface area contributed by atoms with Gasteiger partial charge in [-0.05, 0) is 109 Å². The lowest BCUT2D eigenvalue weighted by atomic mass is 9.81. The van der Waals surface area contributed by atoms with E-state index in [-0.39, 0.29) is 5.41 Å². The van der Waals surface area contributed by atoms with Crippen LogP contribution in [0, 0.1) is 0 Å². The van der Waals surface area contributed by atoms with Crippen LogP contribution in [0.1, 0.15) is 25.0 Å². The molecule has 1 aliphatic carbocycles. The molecule has 0 atom stereocenters. The minimum absolute atomic E-state index is 0.167. The van der Waals surface area contributed by atoms with Gasteiger partial charge in [-0.15, -0.1) is 0 Å². The van der Waals surface area contributed by atoms with Crippen molar-refractivity contribution in [1.82, 2.24) is 0 Å². The van der Waals surface area contributed by atoms with Gasteiger partial charge in [0.05, 0.1) is 5.69 Å². The summed E-state index contributed by atoms with van der Waals surface area (Å²) in [6.45, 7) is 4.76. The molecule has 8 aromatic rings. The quantitative estimate of drug-likeness (QED) is 0.175. The molecular weight excluding hydrogens is 603 g/mol. The first kappa shape index (κ1) is 29.9. The average Bonchev–Trinajstić information content (AvgIpc) is 3.39. The second-order valence-electron chi connectivity index (χ2n) is 13.8. The van der Waals surface area contributed by atoms with E-state index in [1.54, 1.807) is 0 Å². The summed E-state index contributed by atoms with van der Waals surface area (Å²) >= 11 is 0. The zero-order valence-corrected chi connectivity index (χ0v) is 28.3. The number of hydrogen-bond acceptors (Lipinski definition) is 1. The Balaban J connectivity index is 1.19. The van der Waals surface area contributed by atoms with Crippen LogP contribution < -0.4 is 4.90 Å². The van der Waals surface area contributed by atoms with E-state index in [2.05, 4.69) is 207 Å². The SMILES string of the molecule is CC1(C)c2cc(N(c3ccccc3)c3ccccc3-c3ccccc3-c3ccccc3)ccc2-c2cc3ccc(-c4ccccc4)cc3cc21. The van der Waals surface area contributed by atoms with Gasteiger partial charge in [-0.25, -0.2) is 0 Å². The standard InChI is InChI=1S/C49H37N/c1-49(2)46-32-38-30-36(34-16-6-3-7-17-34)26-27-37(38)31-45(46)43-29-28-40(33-47(43)49)50(39-20-10-5-11-21-39)48-25-15-14-24-44(48)42-23-13-12-22-41(42)35-18-8-4-9-19-35/h3-33H,1-2H3. The first-order valence-electron chi connectivity index (χ1n) is 17.4. The number of para-hydroxylation sites is 2. The van der Waals surface area contributed by atoms with Gasteiger partial charge < -0.3 is 4.90 Å². The molecule has 0 N–H and O–H groups in total. The highest BCUT2D eigenvalue weighted by Gasteiger charge is 2.36. The predicted octanol–water partition coefficient (Wildman–Crippen LogP) is 13.6. The summed E-state index contributed by atoms with van der Waals surface area (Å²) in [5, 5.41) is 2.55. The van der Waals surface area contributed by atoms with E-state index in [1.165, 1.54) is 66.4 Å². The lowest BCUT2D eigenvalue weighted by Gasteiger charge is -2.30. The zero-order chi connectivity index (χ0) is 33.7. The topological polar surface area (TPSA) is 3.24 Å². The molecule has 1 heteroatoms. The molecule has 0 radical (unpaired) electrons. The summed E-state index contributed by atoms with van der Waals surface area (Å²) in [5.74, 6) is 0. The molecular formula is C49H37N. The molecule has 50 heavy (non-hydrogen) atoms. The Morgan fingerprint density at radius 2 is 0.940 bits per heavy atom. The van der Waals surface area contributed by atoms with Crippen LogP contribution in [0.15, 0.2) is 188 Å². The van der Waals surface area contributed by atoms with Gasteiger partial charge in [0.2, 0.25) is 0 Å². The van der Waals surface area contributed by atoms with Crippen LogP contribution in [0.5, 0.6) is 0 Å². The Hall–Kier alpha value is -6.18. The highest BCUT2D eigenvalue weighted by molar-refractivity contribution is 5.98. The van der Waals surface area contributed by atoms with Gasteiger partial charge in [0.1, 0.15) is 0 Å². The highest BCUT2D eigenvalue weighted by Crippen LogP contribution is 2.52. The third-order valence-corrected chi connectivity index (χ3v) is 10.4. The third kappa shape index (κ3) is 5.02. The number of fused-ring (bicyclic) bond motifs is 4. The van der Waals surface area contributed by atoms with Crippen molar-refractivity contribution in [3.05, 3.63) is 199 Å². The van der Waals surface area contributed by atoms with Gasteiger partial charge in [-0.2, -0.15) is 0 Å². The van der Waals surface area contributed by atoms with Crippen molar-refractivity contribution in [1.29, 1.82) is 0 Å². The van der Waals surface area contributed by atoms with Crippen molar-refractivity contribution in [3.8, 4) is 44.5 Å². The third-order valence-electron chi connectivity index (χ3n) is 10.4. The van der Waals surface area contributed by atoms with E-state index >= 15 is 0 Å². The Labute approximate surface area is 294 Å². The Bertz CT molecular complexity index is 2490. The van der Waals surface area contributed by atoms with E-state index < -0.39 is 0 Å². The Morgan fingerprint density at radius 3 is 1.68 bits per heavy atom. The van der Waals surface area contributed by atoms with Crippen molar-refractivity contribution in [2.75, 3.05) is 4.90 Å². The minimum Gasteiger partial charge on any atom is -0.310 e. The summed E-state index contributed by atoms with van der Waals surface area (Å²) in [7, 11) is 0. The second-order valence-corrected chi connectivity index (χ2v) is 13.8. The maximum absolute atomic E-state index is 2.43. The lowest BCUT2D eigenvalue weighted by Crippen LogP contribution is -2.17. The van der Waals surface area contributed by atoms with E-state index in [4.69, 9.17) is 0 Å². The second kappa shape index (κ2) is 12.1. The largest absolute Gasteiger partial charge is 0.310 e. The monoisotopic (exact) mass is 639 g/mol. The van der Waals surface area contributed by atoms with Crippen LogP contribution in [-0.4, -0.2) is 0 Å². The fourth-order valence-corrected chi connectivity index (χ4v) is 7.90. The van der Waals surface area contributed by atoms with Gasteiger partial charge in [-0.3, -0.25) is 0 Å². The normalized spacial score (nSPS) is 12.8. The van der Waals surface area contributed by atoms with E-state index in [9.17, 15) is 0 Å². The molecule has 1 nitrogen and oxygen atoms in total. The molecule has 8 aromatic carbocycles. The van der Waals surface area contributed by atoms with Crippen LogP contribution >= 0.6 is 0 Å². The molecule has 0 aromatic heterocycles. The van der Waals surface area contributed by atoms with Gasteiger partial charge in [-0.1, -0.05) is 153 Å². The van der Waals surface area contributed by atoms with Crippen molar-refractivity contribution in [2.45, 2.75) is 19.3 Å². The molecule has 0 spiro atoms. The summed E-state index contributed by atoms with van der Waals surface area (Å²) < 4.78 is 0. The maximum atomic E-state index is 2.43. The van der Waals surface area contributed by atoms with Crippen LogP contribution in [0.25, 0.3) is 55.3 Å². The van der Waals surface area contributed by atoms with E-state index in [1.807, 2.05) is 0 Å². The highest BCUT2D eigenvalue weighted by atomic mass is 15.1. The van der Waals surface area contributed by atoms with Crippen molar-refractivity contribution < 1.29 is 0 Å². The number of anilines is 3. The molecule has 0 saturated carbocycles. The first-order chi connectivity index (χ1) is 24.6. The first-order valence-corrected chi connectivity index (χ1v) is 17.4. The smallest absolute Gasteiger partial charge is 0.0540 e. The van der Waals surface area contributed by atoms with Crippen molar-refractivity contribution >= 4 is 27.8 Å². The fraction of sp³-hybridized carbons (Fsp3) is 0.0612. The molecule has 0 saturated heterocycles. The maximum Gasteiger partial charge on any atom is 0.0540 e. The average molecular weight is 640 g/mol. The van der Waals surface area contributed by atoms with E-state index in [0.29, 0.717) is 0 Å². The predicted molar refractivity (Wildman–Crippen MR) is 213 cm³/mol. The number of nitrogens with zero attached hydrogens (tertiary/aromatic N) is 1. The van der Waals surface area contributed by atoms with Gasteiger partial charge in [0, 0.05) is 22.4 Å². The molecule has 9 rings (SSSR count).